The zero-order valence-corrected chi connectivity index (χ0v) is 15.3. The fourth-order valence-electron chi connectivity index (χ4n) is 3.65. The highest BCUT2D eigenvalue weighted by Crippen LogP contribution is 2.22. The van der Waals surface area contributed by atoms with E-state index in [9.17, 15) is 0 Å². The van der Waals surface area contributed by atoms with Gasteiger partial charge in [-0.05, 0) is 53.8 Å². The van der Waals surface area contributed by atoms with Crippen molar-refractivity contribution in [3.8, 4) is 0 Å². The van der Waals surface area contributed by atoms with Crippen LogP contribution in [0.5, 0.6) is 0 Å². The summed E-state index contributed by atoms with van der Waals surface area (Å²) in [5, 5.41) is 0.791. The number of rotatable bonds is 4. The molecule has 128 valence electrons. The minimum Gasteiger partial charge on any atom is -0.347 e. The normalized spacial score (nSPS) is 14.5. The fraction of sp³-hybridized carbons (Fsp3) is 0.273. The van der Waals surface area contributed by atoms with Crippen molar-refractivity contribution in [2.75, 3.05) is 6.54 Å². The lowest BCUT2D eigenvalue weighted by Gasteiger charge is -2.28. The lowest BCUT2D eigenvalue weighted by atomic mass is 9.99. The molecule has 0 aliphatic carbocycles. The zero-order chi connectivity index (χ0) is 17.2. The first-order valence-electron chi connectivity index (χ1n) is 8.87. The summed E-state index contributed by atoms with van der Waals surface area (Å²) >= 11 is 5.98. The van der Waals surface area contributed by atoms with Gasteiger partial charge in [0.1, 0.15) is 0 Å². The van der Waals surface area contributed by atoms with Crippen LogP contribution >= 0.6 is 11.6 Å². The third kappa shape index (κ3) is 3.65. The van der Waals surface area contributed by atoms with Crippen LogP contribution < -0.4 is 0 Å². The Labute approximate surface area is 154 Å². The molecule has 0 atom stereocenters. The van der Waals surface area contributed by atoms with E-state index in [2.05, 4.69) is 65.1 Å². The largest absolute Gasteiger partial charge is 0.347 e. The summed E-state index contributed by atoms with van der Waals surface area (Å²) in [7, 11) is 0. The van der Waals surface area contributed by atoms with Gasteiger partial charge >= 0.3 is 0 Å². The number of benzene rings is 2. The Morgan fingerprint density at radius 3 is 2.48 bits per heavy atom. The molecule has 0 amide bonds. The van der Waals surface area contributed by atoms with E-state index in [1.165, 1.54) is 27.9 Å². The maximum atomic E-state index is 5.98. The first-order chi connectivity index (χ1) is 12.2. The molecule has 0 fully saturated rings. The van der Waals surface area contributed by atoms with Gasteiger partial charge in [-0.3, -0.25) is 4.90 Å². The highest BCUT2D eigenvalue weighted by atomic mass is 35.5. The number of nitrogens with zero attached hydrogens (tertiary/aromatic N) is 2. The maximum Gasteiger partial charge on any atom is 0.0472 e. The van der Waals surface area contributed by atoms with Crippen molar-refractivity contribution in [2.24, 2.45) is 0 Å². The fourth-order valence-corrected chi connectivity index (χ4v) is 3.78. The summed E-state index contributed by atoms with van der Waals surface area (Å²) in [6, 6.07) is 19.2. The average molecular weight is 351 g/mol. The Morgan fingerprint density at radius 2 is 1.68 bits per heavy atom. The molecule has 4 rings (SSSR count). The summed E-state index contributed by atoms with van der Waals surface area (Å²) < 4.78 is 2.33. The third-order valence-corrected chi connectivity index (χ3v) is 5.47. The van der Waals surface area contributed by atoms with Gasteiger partial charge in [0, 0.05) is 43.1 Å². The van der Waals surface area contributed by atoms with E-state index in [1.807, 2.05) is 12.1 Å². The molecule has 0 saturated heterocycles. The predicted octanol–water partition coefficient (Wildman–Crippen LogP) is 5.06. The van der Waals surface area contributed by atoms with Crippen LogP contribution in [0.15, 0.2) is 60.8 Å². The Balaban J connectivity index is 1.45. The van der Waals surface area contributed by atoms with E-state index in [1.54, 1.807) is 0 Å². The number of hydrogen-bond donors (Lipinski definition) is 0. The van der Waals surface area contributed by atoms with Gasteiger partial charge in [-0.2, -0.15) is 0 Å². The van der Waals surface area contributed by atoms with Gasteiger partial charge in [-0.25, -0.2) is 0 Å². The Bertz CT molecular complexity index is 864. The maximum absolute atomic E-state index is 5.98. The van der Waals surface area contributed by atoms with Crippen LogP contribution in [0.2, 0.25) is 5.02 Å². The quantitative estimate of drug-likeness (QED) is 0.638. The molecule has 0 saturated carbocycles. The molecule has 0 unspecified atom stereocenters. The van der Waals surface area contributed by atoms with E-state index < -0.39 is 0 Å². The van der Waals surface area contributed by atoms with Crippen molar-refractivity contribution >= 4 is 11.6 Å². The molecule has 1 aliphatic rings. The van der Waals surface area contributed by atoms with Crippen molar-refractivity contribution in [1.82, 2.24) is 9.47 Å². The van der Waals surface area contributed by atoms with Crippen LogP contribution in [0.25, 0.3) is 0 Å². The molecule has 2 heterocycles. The van der Waals surface area contributed by atoms with Crippen molar-refractivity contribution in [2.45, 2.75) is 33.0 Å². The van der Waals surface area contributed by atoms with Crippen molar-refractivity contribution < 1.29 is 0 Å². The lowest BCUT2D eigenvalue weighted by Crippen LogP contribution is -2.30. The van der Waals surface area contributed by atoms with E-state index in [0.29, 0.717) is 0 Å². The summed E-state index contributed by atoms with van der Waals surface area (Å²) in [5.41, 5.74) is 7.05. The first-order valence-corrected chi connectivity index (χ1v) is 9.25. The van der Waals surface area contributed by atoms with Gasteiger partial charge in [0.25, 0.3) is 0 Å². The van der Waals surface area contributed by atoms with Gasteiger partial charge in [-0.15, -0.1) is 0 Å². The highest BCUT2D eigenvalue weighted by Gasteiger charge is 2.17. The second-order valence-corrected chi connectivity index (χ2v) is 7.35. The van der Waals surface area contributed by atoms with Gasteiger partial charge in [0.05, 0.1) is 0 Å². The smallest absolute Gasteiger partial charge is 0.0472 e. The van der Waals surface area contributed by atoms with Crippen molar-refractivity contribution in [3.63, 3.8) is 0 Å². The summed E-state index contributed by atoms with van der Waals surface area (Å²) in [5.74, 6) is 0. The molecule has 25 heavy (non-hydrogen) atoms. The number of aromatic nitrogens is 1. The highest BCUT2D eigenvalue weighted by molar-refractivity contribution is 6.30. The zero-order valence-electron chi connectivity index (χ0n) is 14.6. The Hall–Kier alpha value is -2.03. The summed E-state index contributed by atoms with van der Waals surface area (Å²) in [6.45, 7) is 6.33. The number of hydrogen-bond acceptors (Lipinski definition) is 1. The molecule has 1 aromatic heterocycles. The van der Waals surface area contributed by atoms with E-state index in [4.69, 9.17) is 11.6 Å². The van der Waals surface area contributed by atoms with Crippen LogP contribution in [0.4, 0.5) is 0 Å². The Kier molecular flexibility index (Phi) is 4.65. The minimum absolute atomic E-state index is 0.791. The van der Waals surface area contributed by atoms with E-state index in [0.717, 1.165) is 37.6 Å². The monoisotopic (exact) mass is 350 g/mol. The van der Waals surface area contributed by atoms with Gasteiger partial charge in [0.2, 0.25) is 0 Å². The second-order valence-electron chi connectivity index (χ2n) is 6.91. The molecule has 0 radical (unpaired) electrons. The van der Waals surface area contributed by atoms with Crippen LogP contribution in [0.3, 0.4) is 0 Å². The minimum atomic E-state index is 0.791. The SMILES string of the molecule is Cc1c(CN2CCc3ccccc3C2)ccn1Cc1ccc(Cl)cc1. The molecule has 1 aliphatic heterocycles. The predicted molar refractivity (Wildman–Crippen MR) is 104 cm³/mol. The lowest BCUT2D eigenvalue weighted by molar-refractivity contribution is 0.245. The molecule has 3 heteroatoms. The number of halogens is 1. The molecule has 2 aromatic carbocycles. The molecule has 2 nitrogen and oxygen atoms in total. The van der Waals surface area contributed by atoms with Crippen LogP contribution in [-0.4, -0.2) is 16.0 Å². The van der Waals surface area contributed by atoms with Crippen LogP contribution in [0, 0.1) is 6.92 Å². The number of fused-ring (bicyclic) bond motifs is 1. The van der Waals surface area contributed by atoms with Gasteiger partial charge in [0.15, 0.2) is 0 Å². The third-order valence-electron chi connectivity index (χ3n) is 5.22. The standard InChI is InChI=1S/C22H23ClN2/c1-17-20(11-13-25(17)14-18-6-8-22(23)9-7-18)15-24-12-10-19-4-2-3-5-21(19)16-24/h2-9,11,13H,10,12,14-16H2,1H3. The Morgan fingerprint density at radius 1 is 0.920 bits per heavy atom. The molecular weight excluding hydrogens is 328 g/mol. The second kappa shape index (κ2) is 7.07. The molecule has 3 aromatic rings. The molecule has 0 N–H and O–H groups in total. The van der Waals surface area contributed by atoms with Crippen molar-refractivity contribution in [1.29, 1.82) is 0 Å². The van der Waals surface area contributed by atoms with E-state index in [-0.39, 0.29) is 0 Å². The van der Waals surface area contributed by atoms with Gasteiger partial charge < -0.3 is 4.57 Å². The van der Waals surface area contributed by atoms with Crippen LogP contribution in [0.1, 0.15) is 27.9 Å². The molecular formula is C22H23ClN2. The topological polar surface area (TPSA) is 8.17 Å². The van der Waals surface area contributed by atoms with E-state index >= 15 is 0 Å². The van der Waals surface area contributed by atoms with Crippen LogP contribution in [-0.2, 0) is 26.1 Å². The molecule has 0 spiro atoms. The summed E-state index contributed by atoms with van der Waals surface area (Å²) in [6.07, 6.45) is 3.36. The summed E-state index contributed by atoms with van der Waals surface area (Å²) in [4.78, 5) is 2.55. The average Bonchev–Trinajstić information content (AvgIpc) is 2.97. The first kappa shape index (κ1) is 16.4. The van der Waals surface area contributed by atoms with Crippen molar-refractivity contribution in [3.05, 3.63) is 93.8 Å². The molecule has 0 bridgehead atoms. The van der Waals surface area contributed by atoms with Gasteiger partial charge in [-0.1, -0.05) is 48.0 Å².